The summed E-state index contributed by atoms with van der Waals surface area (Å²) in [7, 11) is 0. The molecule has 1 spiro atoms. The SMILES string of the molecule is Cc1cc(N2CCC(C)C2)cn2nc(C(=O)NC3CCC34CC(O)C4)nc12. The number of pyridine rings is 1. The van der Waals surface area contributed by atoms with Crippen LogP contribution in [0.4, 0.5) is 5.69 Å². The molecule has 2 aromatic rings. The standard InChI is InChI=1S/C20H27N5O2/c1-12-4-6-24(10-12)14-7-13(2)18-22-17(23-25(18)11-14)19(27)21-16-3-5-20(16)8-15(26)9-20/h7,11-12,15-16,26H,3-6,8-10H2,1-2H3,(H,21,27). The van der Waals surface area contributed by atoms with Gasteiger partial charge in [0.05, 0.1) is 18.0 Å². The van der Waals surface area contributed by atoms with Gasteiger partial charge >= 0.3 is 0 Å². The first-order chi connectivity index (χ1) is 12.9. The Morgan fingerprint density at radius 3 is 2.81 bits per heavy atom. The number of aliphatic hydroxyl groups excluding tert-OH is 1. The van der Waals surface area contributed by atoms with Gasteiger partial charge in [-0.3, -0.25) is 4.79 Å². The number of nitrogens with one attached hydrogen (secondary N) is 1. The van der Waals surface area contributed by atoms with Crippen LogP contribution in [0.25, 0.3) is 5.65 Å². The number of nitrogens with zero attached hydrogens (tertiary/aromatic N) is 4. The normalized spacial score (nSPS) is 32.6. The predicted octanol–water partition coefficient (Wildman–Crippen LogP) is 1.92. The molecular weight excluding hydrogens is 342 g/mol. The topological polar surface area (TPSA) is 82.8 Å². The Kier molecular flexibility index (Phi) is 3.73. The van der Waals surface area contributed by atoms with E-state index in [2.05, 4.69) is 33.3 Å². The number of anilines is 1. The van der Waals surface area contributed by atoms with E-state index >= 15 is 0 Å². The van der Waals surface area contributed by atoms with Crippen molar-refractivity contribution in [3.8, 4) is 0 Å². The van der Waals surface area contributed by atoms with Crippen LogP contribution in [0.3, 0.4) is 0 Å². The second-order valence-corrected chi connectivity index (χ2v) is 8.91. The maximum absolute atomic E-state index is 12.7. The Bertz CT molecular complexity index is 901. The first kappa shape index (κ1) is 17.0. The Labute approximate surface area is 158 Å². The molecule has 3 heterocycles. The molecule has 0 aromatic carbocycles. The van der Waals surface area contributed by atoms with E-state index in [9.17, 15) is 9.90 Å². The number of aryl methyl sites for hydroxylation is 1. The van der Waals surface area contributed by atoms with Crippen LogP contribution in [-0.2, 0) is 0 Å². The van der Waals surface area contributed by atoms with Crippen LogP contribution < -0.4 is 10.2 Å². The first-order valence-electron chi connectivity index (χ1n) is 10.0. The molecule has 2 aliphatic carbocycles. The highest BCUT2D eigenvalue weighted by atomic mass is 16.3. The van der Waals surface area contributed by atoms with Crippen molar-refractivity contribution in [1.82, 2.24) is 19.9 Å². The molecule has 3 aliphatic rings. The highest BCUT2D eigenvalue weighted by Crippen LogP contribution is 2.55. The molecule has 3 fully saturated rings. The molecule has 0 bridgehead atoms. The van der Waals surface area contributed by atoms with Crippen LogP contribution in [0, 0.1) is 18.3 Å². The van der Waals surface area contributed by atoms with Crippen LogP contribution in [0.15, 0.2) is 12.3 Å². The Balaban J connectivity index is 1.36. The molecule has 144 valence electrons. The van der Waals surface area contributed by atoms with E-state index in [4.69, 9.17) is 0 Å². The van der Waals surface area contributed by atoms with E-state index in [1.165, 1.54) is 6.42 Å². The third kappa shape index (κ3) is 2.71. The number of rotatable bonds is 3. The minimum absolute atomic E-state index is 0.115. The fourth-order valence-electron chi connectivity index (χ4n) is 5.08. The van der Waals surface area contributed by atoms with Crippen LogP contribution in [0.2, 0.25) is 0 Å². The summed E-state index contributed by atoms with van der Waals surface area (Å²) in [5.41, 5.74) is 3.02. The number of fused-ring (bicyclic) bond motifs is 1. The number of hydrogen-bond donors (Lipinski definition) is 2. The van der Waals surface area contributed by atoms with Crippen molar-refractivity contribution in [3.05, 3.63) is 23.7 Å². The molecular formula is C20H27N5O2. The van der Waals surface area contributed by atoms with E-state index in [1.807, 2.05) is 13.1 Å². The smallest absolute Gasteiger partial charge is 0.291 e. The molecule has 2 aromatic heterocycles. The number of carbonyl (C=O) groups is 1. The van der Waals surface area contributed by atoms with Gasteiger partial charge in [0.2, 0.25) is 5.82 Å². The molecule has 1 saturated heterocycles. The number of aromatic nitrogens is 3. The summed E-state index contributed by atoms with van der Waals surface area (Å²) in [6, 6.07) is 2.28. The van der Waals surface area contributed by atoms with Crippen molar-refractivity contribution >= 4 is 17.2 Å². The zero-order valence-electron chi connectivity index (χ0n) is 16.0. The lowest BCUT2D eigenvalue weighted by Crippen LogP contribution is -2.62. The third-order valence-electron chi connectivity index (χ3n) is 6.85. The zero-order valence-corrected chi connectivity index (χ0v) is 16.0. The summed E-state index contributed by atoms with van der Waals surface area (Å²) in [4.78, 5) is 19.6. The summed E-state index contributed by atoms with van der Waals surface area (Å²) in [6.07, 6.45) is 6.65. The molecule has 1 amide bonds. The molecule has 27 heavy (non-hydrogen) atoms. The first-order valence-corrected chi connectivity index (χ1v) is 10.0. The van der Waals surface area contributed by atoms with E-state index in [0.29, 0.717) is 5.92 Å². The van der Waals surface area contributed by atoms with Crippen LogP contribution >= 0.6 is 0 Å². The van der Waals surface area contributed by atoms with E-state index in [-0.39, 0.29) is 29.3 Å². The minimum Gasteiger partial charge on any atom is -0.393 e. The van der Waals surface area contributed by atoms with Gasteiger partial charge in [-0.1, -0.05) is 6.92 Å². The second-order valence-electron chi connectivity index (χ2n) is 8.91. The Morgan fingerprint density at radius 2 is 2.19 bits per heavy atom. The lowest BCUT2D eigenvalue weighted by atomic mass is 9.52. The number of hydrogen-bond acceptors (Lipinski definition) is 5. The fourth-order valence-corrected chi connectivity index (χ4v) is 5.08. The number of aliphatic hydroxyl groups is 1. The van der Waals surface area contributed by atoms with Crippen molar-refractivity contribution in [1.29, 1.82) is 0 Å². The van der Waals surface area contributed by atoms with Gasteiger partial charge in [0.25, 0.3) is 5.91 Å². The summed E-state index contributed by atoms with van der Waals surface area (Å²) in [6.45, 7) is 6.41. The van der Waals surface area contributed by atoms with Gasteiger partial charge in [-0.25, -0.2) is 9.50 Å². The molecule has 2 atom stereocenters. The van der Waals surface area contributed by atoms with Crippen molar-refractivity contribution in [3.63, 3.8) is 0 Å². The second kappa shape index (κ2) is 5.92. The third-order valence-corrected chi connectivity index (χ3v) is 6.85. The molecule has 2 saturated carbocycles. The van der Waals surface area contributed by atoms with Gasteiger partial charge in [-0.05, 0) is 62.0 Å². The highest BCUT2D eigenvalue weighted by Gasteiger charge is 2.55. The Hall–Kier alpha value is -2.15. The molecule has 0 radical (unpaired) electrons. The average Bonchev–Trinajstić information content (AvgIpc) is 3.22. The molecule has 7 heteroatoms. The van der Waals surface area contributed by atoms with E-state index in [0.717, 1.165) is 55.7 Å². The van der Waals surface area contributed by atoms with Crippen molar-refractivity contribution in [2.75, 3.05) is 18.0 Å². The molecule has 1 aliphatic heterocycles. The van der Waals surface area contributed by atoms with Gasteiger partial charge in [0, 0.05) is 19.1 Å². The van der Waals surface area contributed by atoms with E-state index in [1.54, 1.807) is 4.52 Å². The van der Waals surface area contributed by atoms with Gasteiger partial charge in [0.1, 0.15) is 0 Å². The molecule has 5 rings (SSSR count). The van der Waals surface area contributed by atoms with Crippen LogP contribution in [0.1, 0.15) is 55.2 Å². The average molecular weight is 369 g/mol. The lowest BCUT2D eigenvalue weighted by molar-refractivity contribution is -0.104. The van der Waals surface area contributed by atoms with Gasteiger partial charge in [0.15, 0.2) is 5.65 Å². The van der Waals surface area contributed by atoms with Gasteiger partial charge in [-0.15, -0.1) is 5.10 Å². The monoisotopic (exact) mass is 369 g/mol. The van der Waals surface area contributed by atoms with E-state index < -0.39 is 0 Å². The summed E-state index contributed by atoms with van der Waals surface area (Å²) < 4.78 is 1.74. The zero-order chi connectivity index (χ0) is 18.8. The summed E-state index contributed by atoms with van der Waals surface area (Å²) >= 11 is 0. The molecule has 2 unspecified atom stereocenters. The van der Waals surface area contributed by atoms with Crippen LogP contribution in [-0.4, -0.2) is 50.8 Å². The minimum atomic E-state index is -0.208. The predicted molar refractivity (Wildman–Crippen MR) is 102 cm³/mol. The largest absolute Gasteiger partial charge is 0.393 e. The quantitative estimate of drug-likeness (QED) is 0.864. The van der Waals surface area contributed by atoms with Crippen molar-refractivity contribution in [2.24, 2.45) is 11.3 Å². The molecule has 2 N–H and O–H groups in total. The number of amides is 1. The lowest BCUT2D eigenvalue weighted by Gasteiger charge is -2.58. The van der Waals surface area contributed by atoms with Crippen molar-refractivity contribution < 1.29 is 9.90 Å². The molecule has 7 nitrogen and oxygen atoms in total. The summed E-state index contributed by atoms with van der Waals surface area (Å²) in [5, 5.41) is 17.2. The van der Waals surface area contributed by atoms with Gasteiger partial charge in [-0.2, -0.15) is 0 Å². The highest BCUT2D eigenvalue weighted by molar-refractivity contribution is 5.91. The van der Waals surface area contributed by atoms with Crippen molar-refractivity contribution in [2.45, 2.75) is 58.1 Å². The maximum atomic E-state index is 12.7. The van der Waals surface area contributed by atoms with Gasteiger partial charge < -0.3 is 15.3 Å². The fraction of sp³-hybridized carbons (Fsp3) is 0.650. The Morgan fingerprint density at radius 1 is 1.37 bits per heavy atom. The maximum Gasteiger partial charge on any atom is 0.291 e. The van der Waals surface area contributed by atoms with Crippen LogP contribution in [0.5, 0.6) is 0 Å². The number of carbonyl (C=O) groups excluding carboxylic acids is 1. The summed E-state index contributed by atoms with van der Waals surface area (Å²) in [5.74, 6) is 0.727.